The molecular formula is C18H26N2O. The van der Waals surface area contributed by atoms with E-state index in [2.05, 4.69) is 4.90 Å². The highest BCUT2D eigenvalue weighted by Crippen LogP contribution is 2.36. The second kappa shape index (κ2) is 5.70. The maximum Gasteiger partial charge on any atom is 0.254 e. The fourth-order valence-corrected chi connectivity index (χ4v) is 4.13. The van der Waals surface area contributed by atoms with Crippen LogP contribution in [0.25, 0.3) is 0 Å². The van der Waals surface area contributed by atoms with Crippen LogP contribution in [-0.4, -0.2) is 23.4 Å². The van der Waals surface area contributed by atoms with Gasteiger partial charge in [0.1, 0.15) is 0 Å². The highest BCUT2D eigenvalue weighted by Gasteiger charge is 2.36. The SMILES string of the molecule is Cc1cc(C)c(C(=O)N2CCC[C@H]3CCCC[C@H]32)cc1N. The molecule has 1 aliphatic carbocycles. The van der Waals surface area contributed by atoms with Gasteiger partial charge >= 0.3 is 0 Å². The monoisotopic (exact) mass is 286 g/mol. The Bertz CT molecular complexity index is 550. The van der Waals surface area contributed by atoms with Crippen molar-refractivity contribution in [2.45, 2.75) is 58.4 Å². The third kappa shape index (κ3) is 2.66. The molecule has 0 unspecified atom stereocenters. The van der Waals surface area contributed by atoms with Crippen molar-refractivity contribution in [3.8, 4) is 0 Å². The molecule has 2 aliphatic rings. The molecule has 2 N–H and O–H groups in total. The fourth-order valence-electron chi connectivity index (χ4n) is 4.13. The molecule has 0 spiro atoms. The maximum atomic E-state index is 13.0. The van der Waals surface area contributed by atoms with Crippen molar-refractivity contribution in [1.82, 2.24) is 4.90 Å². The molecule has 1 saturated heterocycles. The van der Waals surface area contributed by atoms with E-state index in [0.717, 1.165) is 41.3 Å². The van der Waals surface area contributed by atoms with Gasteiger partial charge in [-0.2, -0.15) is 0 Å². The molecule has 0 radical (unpaired) electrons. The number of carbonyl (C=O) groups excluding carboxylic acids is 1. The summed E-state index contributed by atoms with van der Waals surface area (Å²) < 4.78 is 0. The van der Waals surface area contributed by atoms with Crippen LogP contribution >= 0.6 is 0 Å². The third-order valence-corrected chi connectivity index (χ3v) is 5.35. The van der Waals surface area contributed by atoms with Gasteiger partial charge in [0, 0.05) is 23.8 Å². The first-order valence-electron chi connectivity index (χ1n) is 8.25. The van der Waals surface area contributed by atoms with Crippen molar-refractivity contribution < 1.29 is 4.79 Å². The lowest BCUT2D eigenvalue weighted by atomic mass is 9.78. The summed E-state index contributed by atoms with van der Waals surface area (Å²) in [6.45, 7) is 4.92. The van der Waals surface area contributed by atoms with Crippen molar-refractivity contribution in [1.29, 1.82) is 0 Å². The van der Waals surface area contributed by atoms with E-state index in [1.54, 1.807) is 0 Å². The van der Waals surface area contributed by atoms with E-state index in [1.807, 2.05) is 26.0 Å². The standard InChI is InChI=1S/C18H26N2O/c1-12-10-13(2)16(19)11-15(12)18(21)20-9-5-7-14-6-3-4-8-17(14)20/h10-11,14,17H,3-9,19H2,1-2H3/t14-,17-/m1/s1. The van der Waals surface area contributed by atoms with Crippen molar-refractivity contribution in [2.75, 3.05) is 12.3 Å². The first-order valence-corrected chi connectivity index (χ1v) is 8.25. The summed E-state index contributed by atoms with van der Waals surface area (Å²) in [5.41, 5.74) is 9.64. The fraction of sp³-hybridized carbons (Fsp3) is 0.611. The highest BCUT2D eigenvalue weighted by molar-refractivity contribution is 5.97. The summed E-state index contributed by atoms with van der Waals surface area (Å²) in [5.74, 6) is 0.912. The number of hydrogen-bond donors (Lipinski definition) is 1. The number of hydrogen-bond acceptors (Lipinski definition) is 2. The zero-order valence-electron chi connectivity index (χ0n) is 13.2. The van der Waals surface area contributed by atoms with Gasteiger partial charge < -0.3 is 10.6 Å². The molecule has 0 aromatic heterocycles. The highest BCUT2D eigenvalue weighted by atomic mass is 16.2. The predicted octanol–water partition coefficient (Wildman–Crippen LogP) is 3.68. The smallest absolute Gasteiger partial charge is 0.254 e. The summed E-state index contributed by atoms with van der Waals surface area (Å²) in [4.78, 5) is 15.2. The van der Waals surface area contributed by atoms with Crippen molar-refractivity contribution in [2.24, 2.45) is 5.92 Å². The average Bonchev–Trinajstić information content (AvgIpc) is 2.49. The van der Waals surface area contributed by atoms with Crippen LogP contribution in [0.4, 0.5) is 5.69 Å². The molecule has 1 heterocycles. The lowest BCUT2D eigenvalue weighted by Crippen LogP contribution is -2.49. The number of nitrogen functional groups attached to an aromatic ring is 1. The number of benzene rings is 1. The molecule has 3 heteroatoms. The Labute approximate surface area is 127 Å². The molecule has 114 valence electrons. The summed E-state index contributed by atoms with van der Waals surface area (Å²) in [6, 6.07) is 4.37. The molecule has 1 saturated carbocycles. The number of anilines is 1. The molecule has 1 aromatic rings. The van der Waals surface area contributed by atoms with Crippen LogP contribution in [0.5, 0.6) is 0 Å². The zero-order chi connectivity index (χ0) is 15.0. The van der Waals surface area contributed by atoms with Crippen LogP contribution in [0.3, 0.4) is 0 Å². The van der Waals surface area contributed by atoms with Gasteiger partial charge in [0.25, 0.3) is 5.91 Å². The zero-order valence-corrected chi connectivity index (χ0v) is 13.2. The normalized spacial score (nSPS) is 25.5. The van der Waals surface area contributed by atoms with Gasteiger partial charge in [-0.25, -0.2) is 0 Å². The van der Waals surface area contributed by atoms with Crippen molar-refractivity contribution in [3.63, 3.8) is 0 Å². The van der Waals surface area contributed by atoms with Crippen LogP contribution < -0.4 is 5.73 Å². The quantitative estimate of drug-likeness (QED) is 0.800. The van der Waals surface area contributed by atoms with Gasteiger partial charge in [0.15, 0.2) is 0 Å². The number of piperidine rings is 1. The Balaban J connectivity index is 1.88. The van der Waals surface area contributed by atoms with Crippen LogP contribution in [0.1, 0.15) is 60.0 Å². The molecule has 3 nitrogen and oxygen atoms in total. The summed E-state index contributed by atoms with van der Waals surface area (Å²) in [7, 11) is 0. The van der Waals surface area contributed by atoms with Gasteiger partial charge in [0.05, 0.1) is 0 Å². The number of amides is 1. The molecule has 2 fully saturated rings. The third-order valence-electron chi connectivity index (χ3n) is 5.35. The second-order valence-corrected chi connectivity index (χ2v) is 6.78. The maximum absolute atomic E-state index is 13.0. The summed E-state index contributed by atoms with van der Waals surface area (Å²) in [5, 5.41) is 0. The number of aryl methyl sites for hydroxylation is 2. The van der Waals surface area contributed by atoms with Crippen LogP contribution in [0, 0.1) is 19.8 Å². The van der Waals surface area contributed by atoms with Gasteiger partial charge in [-0.1, -0.05) is 18.9 Å². The molecule has 1 amide bonds. The van der Waals surface area contributed by atoms with Gasteiger partial charge in [-0.05, 0) is 62.6 Å². The Morgan fingerprint density at radius 3 is 2.62 bits per heavy atom. The Morgan fingerprint density at radius 2 is 1.81 bits per heavy atom. The molecule has 0 bridgehead atoms. The van der Waals surface area contributed by atoms with Gasteiger partial charge in [0.2, 0.25) is 0 Å². The second-order valence-electron chi connectivity index (χ2n) is 6.78. The summed E-state index contributed by atoms with van der Waals surface area (Å²) >= 11 is 0. The first kappa shape index (κ1) is 14.4. The van der Waals surface area contributed by atoms with Crippen molar-refractivity contribution in [3.05, 3.63) is 28.8 Å². The van der Waals surface area contributed by atoms with Gasteiger partial charge in [-0.3, -0.25) is 4.79 Å². The largest absolute Gasteiger partial charge is 0.398 e. The van der Waals surface area contributed by atoms with Crippen molar-refractivity contribution >= 4 is 11.6 Å². The van der Waals surface area contributed by atoms with Crippen LogP contribution in [0.15, 0.2) is 12.1 Å². The van der Waals surface area contributed by atoms with Crippen LogP contribution in [0.2, 0.25) is 0 Å². The molecule has 2 atom stereocenters. The Hall–Kier alpha value is -1.51. The average molecular weight is 286 g/mol. The Morgan fingerprint density at radius 1 is 1.10 bits per heavy atom. The number of nitrogens with two attached hydrogens (primary N) is 1. The predicted molar refractivity (Wildman–Crippen MR) is 86.3 cm³/mol. The van der Waals surface area contributed by atoms with E-state index in [4.69, 9.17) is 5.73 Å². The number of rotatable bonds is 1. The lowest BCUT2D eigenvalue weighted by molar-refractivity contribution is 0.0390. The van der Waals surface area contributed by atoms with E-state index in [0.29, 0.717) is 6.04 Å². The van der Waals surface area contributed by atoms with Gasteiger partial charge in [-0.15, -0.1) is 0 Å². The molecule has 1 aromatic carbocycles. The van der Waals surface area contributed by atoms with Crippen LogP contribution in [-0.2, 0) is 0 Å². The lowest BCUT2D eigenvalue weighted by Gasteiger charge is -2.44. The number of fused-ring (bicyclic) bond motifs is 1. The minimum absolute atomic E-state index is 0.191. The minimum Gasteiger partial charge on any atom is -0.398 e. The topological polar surface area (TPSA) is 46.3 Å². The van der Waals surface area contributed by atoms with E-state index in [-0.39, 0.29) is 5.91 Å². The van der Waals surface area contributed by atoms with E-state index >= 15 is 0 Å². The summed E-state index contributed by atoms with van der Waals surface area (Å²) in [6.07, 6.45) is 7.51. The number of nitrogens with zero attached hydrogens (tertiary/aromatic N) is 1. The van der Waals surface area contributed by atoms with E-state index < -0.39 is 0 Å². The minimum atomic E-state index is 0.191. The molecule has 1 aliphatic heterocycles. The Kier molecular flexibility index (Phi) is 3.92. The first-order chi connectivity index (χ1) is 10.1. The molecule has 21 heavy (non-hydrogen) atoms. The number of carbonyl (C=O) groups is 1. The van der Waals surface area contributed by atoms with E-state index in [1.165, 1.54) is 32.1 Å². The molecule has 3 rings (SSSR count). The molecular weight excluding hydrogens is 260 g/mol. The number of likely N-dealkylation sites (tertiary alicyclic amines) is 1. The van der Waals surface area contributed by atoms with E-state index in [9.17, 15) is 4.79 Å².